The minimum absolute atomic E-state index is 0.0134. The molecular formula is C7H8F3N. The van der Waals surface area contributed by atoms with Crippen molar-refractivity contribution in [3.8, 4) is 6.07 Å². The summed E-state index contributed by atoms with van der Waals surface area (Å²) in [5.41, 5.74) is -1.48. The van der Waals surface area contributed by atoms with Crippen LogP contribution in [0.2, 0.25) is 0 Å². The molecule has 0 atom stereocenters. The molecule has 62 valence electrons. The number of nitrogens with zero attached hydrogens (tertiary/aromatic N) is 1. The van der Waals surface area contributed by atoms with Crippen molar-refractivity contribution in [2.24, 2.45) is 5.41 Å². The minimum atomic E-state index is -4.09. The highest BCUT2D eigenvalue weighted by Gasteiger charge is 2.62. The van der Waals surface area contributed by atoms with Crippen LogP contribution in [0.3, 0.4) is 0 Å². The zero-order chi connectivity index (χ0) is 8.54. The topological polar surface area (TPSA) is 23.8 Å². The van der Waals surface area contributed by atoms with E-state index < -0.39 is 11.6 Å². The van der Waals surface area contributed by atoms with Crippen LogP contribution < -0.4 is 0 Å². The number of halogens is 3. The lowest BCUT2D eigenvalue weighted by atomic mass is 10.0. The van der Waals surface area contributed by atoms with Crippen LogP contribution in [0.25, 0.3) is 0 Å². The van der Waals surface area contributed by atoms with Gasteiger partial charge in [0.2, 0.25) is 0 Å². The lowest BCUT2D eigenvalue weighted by Gasteiger charge is -2.16. The van der Waals surface area contributed by atoms with E-state index in [0.29, 0.717) is 0 Å². The number of nitriles is 1. The van der Waals surface area contributed by atoms with Crippen LogP contribution in [0.4, 0.5) is 13.2 Å². The Morgan fingerprint density at radius 2 is 1.91 bits per heavy atom. The first kappa shape index (κ1) is 8.38. The monoisotopic (exact) mass is 163 g/mol. The molecule has 1 fully saturated rings. The van der Waals surface area contributed by atoms with Crippen molar-refractivity contribution in [2.75, 3.05) is 0 Å². The molecule has 0 amide bonds. The van der Waals surface area contributed by atoms with E-state index in [9.17, 15) is 13.2 Å². The van der Waals surface area contributed by atoms with Crippen LogP contribution in [0.1, 0.15) is 25.7 Å². The van der Waals surface area contributed by atoms with Gasteiger partial charge in [-0.1, -0.05) is 0 Å². The average Bonchev–Trinajstić information content (AvgIpc) is 2.61. The molecule has 0 spiro atoms. The van der Waals surface area contributed by atoms with Crippen molar-refractivity contribution < 1.29 is 13.2 Å². The van der Waals surface area contributed by atoms with Crippen molar-refractivity contribution in [2.45, 2.75) is 31.9 Å². The molecule has 0 aliphatic heterocycles. The van der Waals surface area contributed by atoms with Crippen LogP contribution in [0.5, 0.6) is 0 Å². The summed E-state index contributed by atoms with van der Waals surface area (Å²) in [4.78, 5) is 0. The molecular weight excluding hydrogens is 155 g/mol. The molecule has 1 nitrogen and oxygen atoms in total. The Labute approximate surface area is 62.8 Å². The maximum absolute atomic E-state index is 12.1. The minimum Gasteiger partial charge on any atom is -0.198 e. The standard InChI is InChI=1S/C7H8F3N/c8-7(9,10)6(3-4-6)2-1-5-11/h1-4H2. The highest BCUT2D eigenvalue weighted by Crippen LogP contribution is 2.60. The Balaban J connectivity index is 2.49. The molecule has 1 saturated carbocycles. The Bertz CT molecular complexity index is 185. The third-order valence-electron chi connectivity index (χ3n) is 2.17. The van der Waals surface area contributed by atoms with Crippen LogP contribution in [-0.2, 0) is 0 Å². The predicted octanol–water partition coefficient (Wildman–Crippen LogP) is 2.63. The van der Waals surface area contributed by atoms with Gasteiger partial charge in [0, 0.05) is 6.42 Å². The molecule has 0 bridgehead atoms. The number of hydrogen-bond acceptors (Lipinski definition) is 1. The molecule has 4 heteroatoms. The van der Waals surface area contributed by atoms with Crippen molar-refractivity contribution in [1.82, 2.24) is 0 Å². The van der Waals surface area contributed by atoms with Gasteiger partial charge in [0.05, 0.1) is 11.5 Å². The highest BCUT2D eigenvalue weighted by molar-refractivity contribution is 5.00. The summed E-state index contributed by atoms with van der Waals surface area (Å²) in [6.45, 7) is 0. The molecule has 0 N–H and O–H groups in total. The van der Waals surface area contributed by atoms with E-state index in [-0.39, 0.29) is 25.7 Å². The summed E-state index contributed by atoms with van der Waals surface area (Å²) in [5.74, 6) is 0. The lowest BCUT2D eigenvalue weighted by molar-refractivity contribution is -0.188. The van der Waals surface area contributed by atoms with Crippen LogP contribution >= 0.6 is 0 Å². The van der Waals surface area contributed by atoms with Gasteiger partial charge in [-0.05, 0) is 19.3 Å². The van der Waals surface area contributed by atoms with Crippen LogP contribution in [0.15, 0.2) is 0 Å². The summed E-state index contributed by atoms with van der Waals surface area (Å²) in [5, 5.41) is 8.11. The van der Waals surface area contributed by atoms with Gasteiger partial charge in [-0.2, -0.15) is 18.4 Å². The summed E-state index contributed by atoms with van der Waals surface area (Å²) in [6, 6.07) is 1.74. The summed E-state index contributed by atoms with van der Waals surface area (Å²) >= 11 is 0. The van der Waals surface area contributed by atoms with Crippen LogP contribution in [-0.4, -0.2) is 6.18 Å². The van der Waals surface area contributed by atoms with Crippen molar-refractivity contribution in [3.63, 3.8) is 0 Å². The molecule has 0 unspecified atom stereocenters. The lowest BCUT2D eigenvalue weighted by Crippen LogP contribution is -2.24. The number of alkyl halides is 3. The second-order valence-corrected chi connectivity index (χ2v) is 2.94. The van der Waals surface area contributed by atoms with Gasteiger partial charge in [-0.3, -0.25) is 0 Å². The third-order valence-corrected chi connectivity index (χ3v) is 2.17. The van der Waals surface area contributed by atoms with E-state index in [0.717, 1.165) is 0 Å². The zero-order valence-electron chi connectivity index (χ0n) is 5.91. The predicted molar refractivity (Wildman–Crippen MR) is 32.6 cm³/mol. The largest absolute Gasteiger partial charge is 0.394 e. The van der Waals surface area contributed by atoms with E-state index in [1.54, 1.807) is 6.07 Å². The Kier molecular flexibility index (Phi) is 1.83. The van der Waals surface area contributed by atoms with Gasteiger partial charge >= 0.3 is 6.18 Å². The smallest absolute Gasteiger partial charge is 0.198 e. The van der Waals surface area contributed by atoms with Crippen molar-refractivity contribution in [3.05, 3.63) is 0 Å². The Morgan fingerprint density at radius 1 is 1.36 bits per heavy atom. The Morgan fingerprint density at radius 3 is 2.18 bits per heavy atom. The van der Waals surface area contributed by atoms with E-state index in [1.807, 2.05) is 0 Å². The number of rotatable bonds is 2. The van der Waals surface area contributed by atoms with Gasteiger partial charge in [-0.15, -0.1) is 0 Å². The third kappa shape index (κ3) is 1.47. The van der Waals surface area contributed by atoms with Crippen molar-refractivity contribution in [1.29, 1.82) is 5.26 Å². The molecule has 0 aromatic carbocycles. The average molecular weight is 163 g/mol. The second kappa shape index (κ2) is 2.40. The Hall–Kier alpha value is -0.720. The molecule has 0 saturated heterocycles. The maximum atomic E-state index is 12.1. The van der Waals surface area contributed by atoms with Gasteiger partial charge in [-0.25, -0.2) is 0 Å². The van der Waals surface area contributed by atoms with Gasteiger partial charge < -0.3 is 0 Å². The van der Waals surface area contributed by atoms with E-state index in [1.165, 1.54) is 0 Å². The molecule has 0 aromatic rings. The van der Waals surface area contributed by atoms with Crippen LogP contribution in [0, 0.1) is 16.7 Å². The van der Waals surface area contributed by atoms with Gasteiger partial charge in [0.25, 0.3) is 0 Å². The summed E-state index contributed by atoms with van der Waals surface area (Å²) in [7, 11) is 0. The first-order valence-electron chi connectivity index (χ1n) is 3.45. The number of hydrogen-bond donors (Lipinski definition) is 0. The normalized spacial score (nSPS) is 20.9. The van der Waals surface area contributed by atoms with Crippen molar-refractivity contribution >= 4 is 0 Å². The molecule has 1 aliphatic rings. The quantitative estimate of drug-likeness (QED) is 0.613. The van der Waals surface area contributed by atoms with Gasteiger partial charge in [0.15, 0.2) is 0 Å². The first-order valence-corrected chi connectivity index (χ1v) is 3.45. The van der Waals surface area contributed by atoms with E-state index >= 15 is 0 Å². The van der Waals surface area contributed by atoms with E-state index in [4.69, 9.17) is 5.26 Å². The first-order chi connectivity index (χ1) is 5.02. The fraction of sp³-hybridized carbons (Fsp3) is 0.857. The zero-order valence-corrected chi connectivity index (χ0v) is 5.91. The molecule has 1 rings (SSSR count). The molecule has 0 aromatic heterocycles. The highest BCUT2D eigenvalue weighted by atomic mass is 19.4. The van der Waals surface area contributed by atoms with E-state index in [2.05, 4.69) is 0 Å². The summed E-state index contributed by atoms with van der Waals surface area (Å²) in [6.07, 6.45) is -3.69. The SMILES string of the molecule is N#CCCC1(C(F)(F)F)CC1. The fourth-order valence-corrected chi connectivity index (χ4v) is 1.12. The molecule has 0 heterocycles. The second-order valence-electron chi connectivity index (χ2n) is 2.94. The molecule has 11 heavy (non-hydrogen) atoms. The molecule has 1 aliphatic carbocycles. The summed E-state index contributed by atoms with van der Waals surface area (Å²) < 4.78 is 36.3. The van der Waals surface area contributed by atoms with Gasteiger partial charge in [0.1, 0.15) is 0 Å². The molecule has 0 radical (unpaired) electrons. The maximum Gasteiger partial charge on any atom is 0.394 e. The fourth-order valence-electron chi connectivity index (χ4n) is 1.12.